The Hall–Kier alpha value is -3.26. The molecule has 152 valence electrons. The van der Waals surface area contributed by atoms with Crippen molar-refractivity contribution in [1.82, 2.24) is 29.9 Å². The molecule has 0 bridgehead atoms. The van der Waals surface area contributed by atoms with Crippen LogP contribution in [0.25, 0.3) is 33.1 Å². The minimum absolute atomic E-state index is 0.0961. The number of pyridine rings is 1. The Morgan fingerprint density at radius 1 is 1.23 bits per heavy atom. The highest BCUT2D eigenvalue weighted by atomic mass is 16.3. The van der Waals surface area contributed by atoms with Gasteiger partial charge in [0.2, 0.25) is 0 Å². The molecule has 1 unspecified atom stereocenters. The van der Waals surface area contributed by atoms with Crippen LogP contribution in [0.4, 0.5) is 0 Å². The molecule has 0 amide bonds. The van der Waals surface area contributed by atoms with Crippen molar-refractivity contribution in [2.45, 2.75) is 37.3 Å². The second-order valence-electron chi connectivity index (χ2n) is 8.61. The molecule has 8 heteroatoms. The van der Waals surface area contributed by atoms with E-state index in [4.69, 9.17) is 0 Å². The molecule has 1 atom stereocenters. The molecule has 4 aromatic rings. The lowest BCUT2D eigenvalue weighted by atomic mass is 9.97. The lowest BCUT2D eigenvalue weighted by Crippen LogP contribution is -2.43. The first-order valence-corrected chi connectivity index (χ1v) is 10.3. The molecule has 1 aliphatic carbocycles. The largest absolute Gasteiger partial charge is 0.507 e. The Balaban J connectivity index is 1.42. The molecule has 1 spiro atoms. The molecule has 1 saturated heterocycles. The highest BCUT2D eigenvalue weighted by Gasteiger charge is 2.46. The number of aromatic nitrogens is 5. The van der Waals surface area contributed by atoms with Gasteiger partial charge in [0.05, 0.1) is 34.4 Å². The van der Waals surface area contributed by atoms with E-state index >= 15 is 0 Å². The number of phenols is 1. The molecule has 1 aliphatic heterocycles. The number of aryl methyl sites for hydroxylation is 1. The van der Waals surface area contributed by atoms with Gasteiger partial charge in [-0.3, -0.25) is 9.48 Å². The Labute approximate surface area is 172 Å². The predicted molar refractivity (Wildman–Crippen MR) is 113 cm³/mol. The van der Waals surface area contributed by atoms with Gasteiger partial charge in [0.1, 0.15) is 5.75 Å². The maximum absolute atomic E-state index is 13.1. The Morgan fingerprint density at radius 2 is 2.10 bits per heavy atom. The summed E-state index contributed by atoms with van der Waals surface area (Å²) in [7, 11) is 1.84. The summed E-state index contributed by atoms with van der Waals surface area (Å²) < 4.78 is 3.35. The minimum Gasteiger partial charge on any atom is -0.507 e. The van der Waals surface area contributed by atoms with Crippen molar-refractivity contribution in [2.24, 2.45) is 7.05 Å². The van der Waals surface area contributed by atoms with Gasteiger partial charge in [-0.1, -0.05) is 0 Å². The number of benzene rings is 1. The molecule has 2 N–H and O–H groups in total. The molecular weight excluding hydrogens is 380 g/mol. The normalized spacial score (nSPS) is 20.2. The van der Waals surface area contributed by atoms with Crippen LogP contribution in [-0.4, -0.2) is 41.7 Å². The molecule has 3 aromatic heterocycles. The summed E-state index contributed by atoms with van der Waals surface area (Å²) in [5.74, 6) is 0.110. The summed E-state index contributed by atoms with van der Waals surface area (Å²) in [5.41, 5.74) is 2.60. The summed E-state index contributed by atoms with van der Waals surface area (Å²) >= 11 is 0. The van der Waals surface area contributed by atoms with Gasteiger partial charge in [-0.15, -0.1) is 0 Å². The van der Waals surface area contributed by atoms with Gasteiger partial charge in [0.25, 0.3) is 5.56 Å². The van der Waals surface area contributed by atoms with Crippen molar-refractivity contribution in [1.29, 1.82) is 0 Å². The highest BCUT2D eigenvalue weighted by molar-refractivity contribution is 5.88. The summed E-state index contributed by atoms with van der Waals surface area (Å²) in [6.45, 7) is 0.921. The van der Waals surface area contributed by atoms with Crippen molar-refractivity contribution < 1.29 is 5.11 Å². The van der Waals surface area contributed by atoms with E-state index in [1.165, 1.54) is 12.8 Å². The van der Waals surface area contributed by atoms with Gasteiger partial charge >= 0.3 is 0 Å². The van der Waals surface area contributed by atoms with E-state index in [2.05, 4.69) is 20.5 Å². The first-order valence-electron chi connectivity index (χ1n) is 10.3. The van der Waals surface area contributed by atoms with Crippen molar-refractivity contribution in [3.63, 3.8) is 0 Å². The molecule has 1 aromatic carbocycles. The topological polar surface area (TPSA) is 97.9 Å². The number of nitrogens with zero attached hydrogens (tertiary/aromatic N) is 5. The van der Waals surface area contributed by atoms with E-state index in [-0.39, 0.29) is 22.9 Å². The molecule has 30 heavy (non-hydrogen) atoms. The van der Waals surface area contributed by atoms with E-state index in [9.17, 15) is 9.90 Å². The number of rotatable bonds is 2. The van der Waals surface area contributed by atoms with E-state index < -0.39 is 0 Å². The Bertz CT molecular complexity index is 1370. The monoisotopic (exact) mass is 402 g/mol. The van der Waals surface area contributed by atoms with Crippen LogP contribution >= 0.6 is 0 Å². The molecule has 4 heterocycles. The SMILES string of the molecule is Cn1cc2cc(-c3ccc4c(=O)n(C5CCNC6(CC6)C5)ncc4n3)c(O)cc2n1. The molecule has 2 fully saturated rings. The first-order chi connectivity index (χ1) is 14.5. The van der Waals surface area contributed by atoms with Crippen LogP contribution in [0.3, 0.4) is 0 Å². The summed E-state index contributed by atoms with van der Waals surface area (Å²) in [4.78, 5) is 17.8. The summed E-state index contributed by atoms with van der Waals surface area (Å²) in [6, 6.07) is 7.21. The number of hydrogen-bond donors (Lipinski definition) is 2. The lowest BCUT2D eigenvalue weighted by molar-refractivity contribution is 0.264. The fourth-order valence-corrected chi connectivity index (χ4v) is 4.72. The number of phenolic OH excluding ortho intramolecular Hbond substituents is 1. The van der Waals surface area contributed by atoms with Crippen LogP contribution in [0.2, 0.25) is 0 Å². The standard InChI is InChI=1S/C22H22N6O2/c1-27-12-13-8-16(20(29)9-18(13)26-27)17-3-2-15-19(25-17)11-24-28(21(15)30)14-4-7-23-22(10-14)5-6-22/h2-3,8-9,11-12,14,23,29H,4-7,10H2,1H3. The maximum atomic E-state index is 13.1. The van der Waals surface area contributed by atoms with Gasteiger partial charge in [0.15, 0.2) is 0 Å². The first kappa shape index (κ1) is 17.6. The fourth-order valence-electron chi connectivity index (χ4n) is 4.72. The Morgan fingerprint density at radius 3 is 2.93 bits per heavy atom. The predicted octanol–water partition coefficient (Wildman–Crippen LogP) is 2.51. The zero-order valence-electron chi connectivity index (χ0n) is 16.7. The van der Waals surface area contributed by atoms with Gasteiger partial charge in [-0.2, -0.15) is 10.2 Å². The third kappa shape index (κ3) is 2.71. The number of aromatic hydroxyl groups is 1. The summed E-state index contributed by atoms with van der Waals surface area (Å²) in [5, 5.41) is 24.3. The second-order valence-corrected chi connectivity index (χ2v) is 8.61. The van der Waals surface area contributed by atoms with E-state index in [0.29, 0.717) is 22.2 Å². The highest BCUT2D eigenvalue weighted by Crippen LogP contribution is 2.45. The van der Waals surface area contributed by atoms with E-state index in [1.54, 1.807) is 33.8 Å². The van der Waals surface area contributed by atoms with Crippen LogP contribution in [-0.2, 0) is 7.05 Å². The summed E-state index contributed by atoms with van der Waals surface area (Å²) in [6.07, 6.45) is 7.79. The van der Waals surface area contributed by atoms with E-state index in [1.807, 2.05) is 19.3 Å². The molecule has 6 rings (SSSR count). The number of piperidine rings is 1. The van der Waals surface area contributed by atoms with Gasteiger partial charge < -0.3 is 10.4 Å². The Kier molecular flexibility index (Phi) is 3.59. The van der Waals surface area contributed by atoms with Crippen LogP contribution in [0.1, 0.15) is 31.7 Å². The van der Waals surface area contributed by atoms with Crippen molar-refractivity contribution >= 4 is 21.8 Å². The maximum Gasteiger partial charge on any atom is 0.276 e. The van der Waals surface area contributed by atoms with Crippen molar-refractivity contribution in [2.75, 3.05) is 6.54 Å². The number of nitrogens with one attached hydrogen (secondary N) is 1. The second kappa shape index (κ2) is 6.12. The lowest BCUT2D eigenvalue weighted by Gasteiger charge is -2.30. The van der Waals surface area contributed by atoms with Crippen LogP contribution in [0.15, 0.2) is 41.5 Å². The number of fused-ring (bicyclic) bond motifs is 2. The molecular formula is C22H22N6O2. The average Bonchev–Trinajstić information content (AvgIpc) is 3.37. The molecule has 8 nitrogen and oxygen atoms in total. The van der Waals surface area contributed by atoms with Crippen LogP contribution < -0.4 is 10.9 Å². The molecule has 2 aliphatic rings. The van der Waals surface area contributed by atoms with Crippen LogP contribution in [0, 0.1) is 0 Å². The van der Waals surface area contributed by atoms with Crippen LogP contribution in [0.5, 0.6) is 5.75 Å². The quantitative estimate of drug-likeness (QED) is 0.535. The molecule has 1 saturated carbocycles. The zero-order chi connectivity index (χ0) is 20.5. The minimum atomic E-state index is -0.0961. The fraction of sp³-hybridized carbons (Fsp3) is 0.364. The zero-order valence-corrected chi connectivity index (χ0v) is 16.7. The number of hydrogen-bond acceptors (Lipinski definition) is 6. The smallest absolute Gasteiger partial charge is 0.276 e. The van der Waals surface area contributed by atoms with Crippen molar-refractivity contribution in [3.05, 3.63) is 47.0 Å². The van der Waals surface area contributed by atoms with Gasteiger partial charge in [-0.25, -0.2) is 9.67 Å². The third-order valence-corrected chi connectivity index (χ3v) is 6.48. The van der Waals surface area contributed by atoms with Gasteiger partial charge in [0, 0.05) is 35.8 Å². The third-order valence-electron chi connectivity index (χ3n) is 6.48. The van der Waals surface area contributed by atoms with E-state index in [0.717, 1.165) is 30.3 Å². The van der Waals surface area contributed by atoms with Crippen molar-refractivity contribution in [3.8, 4) is 17.0 Å². The average molecular weight is 402 g/mol. The van der Waals surface area contributed by atoms with Gasteiger partial charge in [-0.05, 0) is 50.4 Å². The molecule has 0 radical (unpaired) electrons.